The Morgan fingerprint density at radius 3 is 2.45 bits per heavy atom. The van der Waals surface area contributed by atoms with E-state index in [1.807, 2.05) is 0 Å². The summed E-state index contributed by atoms with van der Waals surface area (Å²) in [5.74, 6) is -0.269. The van der Waals surface area contributed by atoms with Gasteiger partial charge >= 0.3 is 6.18 Å². The number of aromatic amines is 1. The van der Waals surface area contributed by atoms with E-state index in [4.69, 9.17) is 11.6 Å². The maximum atomic E-state index is 12.8. The second-order valence-corrected chi connectivity index (χ2v) is 7.76. The number of imidazole rings is 1. The molecule has 2 aromatic heterocycles. The number of alkyl halides is 3. The van der Waals surface area contributed by atoms with Crippen molar-refractivity contribution in [1.29, 1.82) is 0 Å². The third-order valence-electron chi connectivity index (χ3n) is 4.99. The van der Waals surface area contributed by atoms with E-state index in [0.717, 1.165) is 12.1 Å². The van der Waals surface area contributed by atoms with E-state index in [0.29, 0.717) is 38.7 Å². The van der Waals surface area contributed by atoms with Crippen LogP contribution in [0.2, 0.25) is 5.02 Å². The molecule has 0 unspecified atom stereocenters. The maximum absolute atomic E-state index is 12.8. The van der Waals surface area contributed by atoms with Gasteiger partial charge in [0.05, 0.1) is 27.3 Å². The number of ketones is 1. The number of amides is 1. The normalized spacial score (nSPS) is 11.6. The van der Waals surface area contributed by atoms with Crippen LogP contribution in [0.15, 0.2) is 48.5 Å². The molecule has 4 rings (SSSR count). The molecule has 2 aromatic carbocycles. The highest BCUT2D eigenvalue weighted by molar-refractivity contribution is 6.33. The van der Waals surface area contributed by atoms with Gasteiger partial charge in [0.1, 0.15) is 11.5 Å². The SMILES string of the molecule is CC(=O)c1ccc2[nH]c(-c3cc(NC(=O)c4ccc(C(F)(F)F)nc4C)ccc3Cl)nc2c1. The largest absolute Gasteiger partial charge is 0.433 e. The standard InChI is InChI=1S/C23H16ClF3N4O2/c1-11-15(5-8-20(28-11)23(25,26)27)22(33)29-14-4-6-17(24)16(10-14)21-30-18-7-3-13(12(2)32)9-19(18)31-21/h3-10H,1-2H3,(H,29,33)(H,30,31). The van der Waals surface area contributed by atoms with Crippen molar-refractivity contribution in [1.82, 2.24) is 15.0 Å². The number of benzene rings is 2. The first-order chi connectivity index (χ1) is 15.5. The average Bonchev–Trinajstić information content (AvgIpc) is 3.17. The van der Waals surface area contributed by atoms with Gasteiger partial charge in [0.15, 0.2) is 5.78 Å². The molecule has 0 atom stereocenters. The fraction of sp³-hybridized carbons (Fsp3) is 0.130. The maximum Gasteiger partial charge on any atom is 0.433 e. The molecule has 0 aliphatic carbocycles. The molecule has 0 aliphatic rings. The van der Waals surface area contributed by atoms with Crippen molar-refractivity contribution in [2.75, 3.05) is 5.32 Å². The molecule has 0 saturated carbocycles. The minimum absolute atomic E-state index is 0.0139. The van der Waals surface area contributed by atoms with Gasteiger partial charge in [-0.05, 0) is 62.4 Å². The second-order valence-electron chi connectivity index (χ2n) is 7.35. The molecule has 0 bridgehead atoms. The van der Waals surface area contributed by atoms with Crippen molar-refractivity contribution in [2.24, 2.45) is 0 Å². The summed E-state index contributed by atoms with van der Waals surface area (Å²) in [5.41, 5.74) is 1.56. The van der Waals surface area contributed by atoms with E-state index in [1.165, 1.54) is 13.8 Å². The second kappa shape index (κ2) is 8.32. The summed E-state index contributed by atoms with van der Waals surface area (Å²) >= 11 is 6.34. The van der Waals surface area contributed by atoms with Gasteiger partial charge in [-0.3, -0.25) is 9.59 Å². The number of pyridine rings is 1. The van der Waals surface area contributed by atoms with Crippen LogP contribution in [0.25, 0.3) is 22.4 Å². The Morgan fingerprint density at radius 1 is 1.03 bits per heavy atom. The number of hydrogen-bond donors (Lipinski definition) is 2. The summed E-state index contributed by atoms with van der Waals surface area (Å²) in [6.45, 7) is 2.80. The van der Waals surface area contributed by atoms with Crippen molar-refractivity contribution in [3.8, 4) is 11.4 Å². The lowest BCUT2D eigenvalue weighted by molar-refractivity contribution is -0.141. The molecule has 1 amide bonds. The number of fused-ring (bicyclic) bond motifs is 1. The van der Waals surface area contributed by atoms with Gasteiger partial charge in [-0.2, -0.15) is 13.2 Å². The van der Waals surface area contributed by atoms with E-state index in [9.17, 15) is 22.8 Å². The van der Waals surface area contributed by atoms with Crippen molar-refractivity contribution in [3.05, 3.63) is 76.1 Å². The monoisotopic (exact) mass is 472 g/mol. The van der Waals surface area contributed by atoms with Crippen LogP contribution in [0.1, 0.15) is 39.0 Å². The zero-order valence-electron chi connectivity index (χ0n) is 17.3. The summed E-state index contributed by atoms with van der Waals surface area (Å²) in [5, 5.41) is 3.01. The predicted molar refractivity (Wildman–Crippen MR) is 118 cm³/mol. The van der Waals surface area contributed by atoms with Crippen LogP contribution in [0.4, 0.5) is 18.9 Å². The molecule has 0 fully saturated rings. The van der Waals surface area contributed by atoms with E-state index in [1.54, 1.807) is 36.4 Å². The summed E-state index contributed by atoms with van der Waals surface area (Å²) < 4.78 is 38.5. The average molecular weight is 473 g/mol. The Balaban J connectivity index is 1.63. The zero-order valence-corrected chi connectivity index (χ0v) is 18.1. The van der Waals surface area contributed by atoms with Crippen LogP contribution in [0.3, 0.4) is 0 Å². The van der Waals surface area contributed by atoms with Crippen molar-refractivity contribution >= 4 is 40.0 Å². The molecule has 6 nitrogen and oxygen atoms in total. The number of rotatable bonds is 4. The molecular formula is C23H16ClF3N4O2. The van der Waals surface area contributed by atoms with Crippen molar-refractivity contribution in [2.45, 2.75) is 20.0 Å². The Morgan fingerprint density at radius 2 is 1.79 bits per heavy atom. The van der Waals surface area contributed by atoms with Crippen molar-refractivity contribution in [3.63, 3.8) is 0 Å². The lowest BCUT2D eigenvalue weighted by Gasteiger charge is -2.11. The molecule has 0 saturated heterocycles. The number of aromatic nitrogens is 3. The van der Waals surface area contributed by atoms with Crippen molar-refractivity contribution < 1.29 is 22.8 Å². The Labute approximate surface area is 190 Å². The van der Waals surface area contributed by atoms with E-state index in [-0.39, 0.29) is 17.0 Å². The Kier molecular flexibility index (Phi) is 5.67. The zero-order chi connectivity index (χ0) is 23.9. The lowest BCUT2D eigenvalue weighted by atomic mass is 10.1. The van der Waals surface area contributed by atoms with E-state index >= 15 is 0 Å². The number of halogens is 4. The summed E-state index contributed by atoms with van der Waals surface area (Å²) in [6, 6.07) is 11.7. The minimum Gasteiger partial charge on any atom is -0.338 e. The molecule has 4 aromatic rings. The summed E-state index contributed by atoms with van der Waals surface area (Å²) in [6.07, 6.45) is -4.59. The number of carbonyl (C=O) groups is 2. The number of Topliss-reactive ketones (excluding diaryl/α,β-unsaturated/α-hetero) is 1. The van der Waals surface area contributed by atoms with Crippen LogP contribution >= 0.6 is 11.6 Å². The van der Waals surface area contributed by atoms with Crippen LogP contribution in [-0.2, 0) is 6.18 Å². The van der Waals surface area contributed by atoms with E-state index in [2.05, 4.69) is 20.3 Å². The fourth-order valence-electron chi connectivity index (χ4n) is 3.29. The number of hydrogen-bond acceptors (Lipinski definition) is 4. The number of aryl methyl sites for hydroxylation is 1. The molecule has 0 aliphatic heterocycles. The molecule has 33 heavy (non-hydrogen) atoms. The van der Waals surface area contributed by atoms with E-state index < -0.39 is 17.8 Å². The number of nitrogens with zero attached hydrogens (tertiary/aromatic N) is 2. The lowest BCUT2D eigenvalue weighted by Crippen LogP contribution is -2.16. The van der Waals surface area contributed by atoms with Gasteiger partial charge in [0, 0.05) is 16.8 Å². The van der Waals surface area contributed by atoms with Crippen LogP contribution in [-0.4, -0.2) is 26.6 Å². The highest BCUT2D eigenvalue weighted by Gasteiger charge is 2.33. The van der Waals surface area contributed by atoms with Gasteiger partial charge in [-0.25, -0.2) is 9.97 Å². The molecule has 0 radical (unpaired) electrons. The highest BCUT2D eigenvalue weighted by Crippen LogP contribution is 2.31. The van der Waals surface area contributed by atoms with Gasteiger partial charge in [-0.1, -0.05) is 11.6 Å². The summed E-state index contributed by atoms with van der Waals surface area (Å²) in [4.78, 5) is 35.4. The number of nitrogens with one attached hydrogen (secondary N) is 2. The molecular weight excluding hydrogens is 457 g/mol. The fourth-order valence-corrected chi connectivity index (χ4v) is 3.50. The predicted octanol–water partition coefficient (Wildman–Crippen LogP) is 6.06. The highest BCUT2D eigenvalue weighted by atomic mass is 35.5. The number of H-pyrrole nitrogens is 1. The first-order valence-electron chi connectivity index (χ1n) is 9.70. The summed E-state index contributed by atoms with van der Waals surface area (Å²) in [7, 11) is 0. The molecule has 10 heteroatoms. The van der Waals surface area contributed by atoms with Gasteiger partial charge < -0.3 is 10.3 Å². The first kappa shape index (κ1) is 22.5. The quantitative estimate of drug-likeness (QED) is 0.353. The molecule has 2 heterocycles. The third kappa shape index (κ3) is 4.58. The number of anilines is 1. The smallest absolute Gasteiger partial charge is 0.338 e. The van der Waals surface area contributed by atoms with Crippen LogP contribution < -0.4 is 5.32 Å². The number of carbonyl (C=O) groups excluding carboxylic acids is 2. The minimum atomic E-state index is -4.59. The van der Waals surface area contributed by atoms with Gasteiger partial charge in [0.25, 0.3) is 5.91 Å². The van der Waals surface area contributed by atoms with Crippen LogP contribution in [0, 0.1) is 6.92 Å². The Bertz CT molecular complexity index is 1410. The molecule has 0 spiro atoms. The first-order valence-corrected chi connectivity index (χ1v) is 10.1. The van der Waals surface area contributed by atoms with Gasteiger partial charge in [0.2, 0.25) is 0 Å². The molecule has 2 N–H and O–H groups in total. The third-order valence-corrected chi connectivity index (χ3v) is 5.32. The van der Waals surface area contributed by atoms with Gasteiger partial charge in [-0.15, -0.1) is 0 Å². The van der Waals surface area contributed by atoms with Crippen LogP contribution in [0.5, 0.6) is 0 Å². The topological polar surface area (TPSA) is 87.7 Å². The molecule has 168 valence electrons. The Hall–Kier alpha value is -3.72.